The zero-order valence-corrected chi connectivity index (χ0v) is 13.6. The third kappa shape index (κ3) is 3.61. The van der Waals surface area contributed by atoms with Gasteiger partial charge in [0.1, 0.15) is 0 Å². The van der Waals surface area contributed by atoms with Crippen LogP contribution in [0.3, 0.4) is 0 Å². The molecule has 0 saturated carbocycles. The van der Waals surface area contributed by atoms with Crippen LogP contribution >= 0.6 is 0 Å². The average Bonchev–Trinajstić information content (AvgIpc) is 2.82. The van der Waals surface area contributed by atoms with Crippen molar-refractivity contribution in [1.82, 2.24) is 9.80 Å². The Hall–Kier alpha value is -0.160. The van der Waals surface area contributed by atoms with E-state index in [1.54, 1.807) is 0 Å². The summed E-state index contributed by atoms with van der Waals surface area (Å²) in [6.07, 6.45) is 10.4. The Labute approximate surface area is 130 Å². The van der Waals surface area contributed by atoms with Crippen LogP contribution in [0.25, 0.3) is 0 Å². The fourth-order valence-corrected chi connectivity index (χ4v) is 4.63. The van der Waals surface area contributed by atoms with Gasteiger partial charge in [-0.3, -0.25) is 4.90 Å². The number of nitrogens with zero attached hydrogens (tertiary/aromatic N) is 2. The number of rotatable bonds is 3. The third-order valence-corrected chi connectivity index (χ3v) is 6.06. The molecule has 0 spiro atoms. The number of likely N-dealkylation sites (tertiary alicyclic amines) is 2. The standard InChI is InChI=1S/C17H33N3O/c18-15-17(7-4-13-21-14-8-17)20-11-5-16(6-12-20)19-9-2-1-3-10-19/h16H,1-15,18H2. The molecule has 3 aliphatic heterocycles. The molecule has 1 atom stereocenters. The van der Waals surface area contributed by atoms with E-state index in [9.17, 15) is 0 Å². The van der Waals surface area contributed by atoms with Crippen molar-refractivity contribution in [3.8, 4) is 0 Å². The average molecular weight is 295 g/mol. The van der Waals surface area contributed by atoms with E-state index in [-0.39, 0.29) is 5.54 Å². The van der Waals surface area contributed by atoms with Crippen molar-refractivity contribution in [1.29, 1.82) is 0 Å². The van der Waals surface area contributed by atoms with Gasteiger partial charge in [-0.2, -0.15) is 0 Å². The molecule has 0 aromatic rings. The first-order chi connectivity index (χ1) is 10.3. The van der Waals surface area contributed by atoms with Crippen molar-refractivity contribution in [2.75, 3.05) is 45.9 Å². The summed E-state index contributed by atoms with van der Waals surface area (Å²) in [6.45, 7) is 7.75. The fraction of sp³-hybridized carbons (Fsp3) is 1.00. The summed E-state index contributed by atoms with van der Waals surface area (Å²) in [5, 5.41) is 0. The van der Waals surface area contributed by atoms with Crippen LogP contribution in [0.1, 0.15) is 51.4 Å². The van der Waals surface area contributed by atoms with E-state index in [1.165, 1.54) is 71.1 Å². The molecule has 3 saturated heterocycles. The van der Waals surface area contributed by atoms with Crippen molar-refractivity contribution < 1.29 is 4.74 Å². The minimum Gasteiger partial charge on any atom is -0.381 e. The third-order valence-electron chi connectivity index (χ3n) is 6.06. The van der Waals surface area contributed by atoms with Crippen LogP contribution in [0.4, 0.5) is 0 Å². The summed E-state index contributed by atoms with van der Waals surface area (Å²) in [7, 11) is 0. The summed E-state index contributed by atoms with van der Waals surface area (Å²) in [5.41, 5.74) is 6.43. The minimum absolute atomic E-state index is 0.226. The topological polar surface area (TPSA) is 41.7 Å². The highest BCUT2D eigenvalue weighted by atomic mass is 16.5. The maximum absolute atomic E-state index is 6.21. The van der Waals surface area contributed by atoms with Crippen molar-refractivity contribution in [3.05, 3.63) is 0 Å². The molecule has 0 amide bonds. The maximum atomic E-state index is 6.21. The van der Waals surface area contributed by atoms with Crippen LogP contribution in [-0.4, -0.2) is 67.3 Å². The van der Waals surface area contributed by atoms with Gasteiger partial charge in [0.15, 0.2) is 0 Å². The van der Waals surface area contributed by atoms with Crippen molar-refractivity contribution >= 4 is 0 Å². The molecule has 4 heteroatoms. The molecule has 3 fully saturated rings. The zero-order chi connectivity index (χ0) is 14.5. The van der Waals surface area contributed by atoms with Crippen LogP contribution in [0.15, 0.2) is 0 Å². The molecule has 0 aliphatic carbocycles. The number of hydrogen-bond donors (Lipinski definition) is 1. The highest BCUT2D eigenvalue weighted by molar-refractivity contribution is 4.96. The second kappa shape index (κ2) is 7.40. The molecule has 3 aliphatic rings. The molecule has 3 rings (SSSR count). The fourth-order valence-electron chi connectivity index (χ4n) is 4.63. The van der Waals surface area contributed by atoms with Crippen LogP contribution in [0, 0.1) is 0 Å². The van der Waals surface area contributed by atoms with Gasteiger partial charge < -0.3 is 15.4 Å². The van der Waals surface area contributed by atoms with Crippen LogP contribution < -0.4 is 5.73 Å². The van der Waals surface area contributed by atoms with E-state index in [1.807, 2.05) is 0 Å². The monoisotopic (exact) mass is 295 g/mol. The van der Waals surface area contributed by atoms with Gasteiger partial charge in [-0.15, -0.1) is 0 Å². The van der Waals surface area contributed by atoms with E-state index >= 15 is 0 Å². The van der Waals surface area contributed by atoms with E-state index in [2.05, 4.69) is 9.80 Å². The van der Waals surface area contributed by atoms with Crippen molar-refractivity contribution in [3.63, 3.8) is 0 Å². The number of ether oxygens (including phenoxy) is 1. The van der Waals surface area contributed by atoms with E-state index in [4.69, 9.17) is 10.5 Å². The quantitative estimate of drug-likeness (QED) is 0.862. The Balaban J connectivity index is 1.55. The van der Waals surface area contributed by atoms with Gasteiger partial charge in [0.25, 0.3) is 0 Å². The lowest BCUT2D eigenvalue weighted by Crippen LogP contribution is -2.58. The summed E-state index contributed by atoms with van der Waals surface area (Å²) in [6, 6.07) is 0.832. The predicted molar refractivity (Wildman–Crippen MR) is 86.5 cm³/mol. The highest BCUT2D eigenvalue weighted by Gasteiger charge is 2.38. The highest BCUT2D eigenvalue weighted by Crippen LogP contribution is 2.31. The Kier molecular flexibility index (Phi) is 5.54. The van der Waals surface area contributed by atoms with Gasteiger partial charge in [0, 0.05) is 44.4 Å². The zero-order valence-electron chi connectivity index (χ0n) is 13.6. The minimum atomic E-state index is 0.226. The molecule has 122 valence electrons. The molecule has 0 radical (unpaired) electrons. The molecular formula is C17H33N3O. The van der Waals surface area contributed by atoms with Crippen LogP contribution in [0.5, 0.6) is 0 Å². The first kappa shape index (κ1) is 15.7. The van der Waals surface area contributed by atoms with Gasteiger partial charge in [-0.25, -0.2) is 0 Å². The summed E-state index contributed by atoms with van der Waals surface area (Å²) in [5.74, 6) is 0. The molecule has 4 nitrogen and oxygen atoms in total. The SMILES string of the molecule is NCC1(N2CCC(N3CCCCC3)CC2)CCCOCC1. The van der Waals surface area contributed by atoms with Gasteiger partial charge in [0.05, 0.1) is 0 Å². The van der Waals surface area contributed by atoms with Gasteiger partial charge in [-0.05, 0) is 58.0 Å². The van der Waals surface area contributed by atoms with E-state index in [0.717, 1.165) is 32.2 Å². The Bertz CT molecular complexity index is 301. The Morgan fingerprint density at radius 1 is 0.905 bits per heavy atom. The molecule has 2 N–H and O–H groups in total. The first-order valence-electron chi connectivity index (χ1n) is 9.11. The number of hydrogen-bond acceptors (Lipinski definition) is 4. The smallest absolute Gasteiger partial charge is 0.0484 e. The van der Waals surface area contributed by atoms with Crippen LogP contribution in [-0.2, 0) is 4.74 Å². The number of piperidine rings is 2. The molecule has 1 unspecified atom stereocenters. The lowest BCUT2D eigenvalue weighted by atomic mass is 9.86. The van der Waals surface area contributed by atoms with Gasteiger partial charge in [-0.1, -0.05) is 6.42 Å². The largest absolute Gasteiger partial charge is 0.381 e. The second-order valence-corrected chi connectivity index (χ2v) is 7.21. The van der Waals surface area contributed by atoms with Gasteiger partial charge in [0.2, 0.25) is 0 Å². The van der Waals surface area contributed by atoms with Crippen molar-refractivity contribution in [2.24, 2.45) is 5.73 Å². The molecule has 0 aromatic carbocycles. The Morgan fingerprint density at radius 2 is 1.67 bits per heavy atom. The number of nitrogens with two attached hydrogens (primary N) is 1. The van der Waals surface area contributed by atoms with Crippen LogP contribution in [0.2, 0.25) is 0 Å². The summed E-state index contributed by atoms with van der Waals surface area (Å²) >= 11 is 0. The normalized spacial score (nSPS) is 34.7. The summed E-state index contributed by atoms with van der Waals surface area (Å²) < 4.78 is 5.67. The molecular weight excluding hydrogens is 262 g/mol. The second-order valence-electron chi connectivity index (χ2n) is 7.21. The first-order valence-corrected chi connectivity index (χ1v) is 9.11. The molecule has 3 heterocycles. The molecule has 21 heavy (non-hydrogen) atoms. The van der Waals surface area contributed by atoms with Crippen molar-refractivity contribution in [2.45, 2.75) is 62.9 Å². The lowest BCUT2D eigenvalue weighted by molar-refractivity contribution is 0.0169. The predicted octanol–water partition coefficient (Wildman–Crippen LogP) is 1.83. The molecule has 0 aromatic heterocycles. The Morgan fingerprint density at radius 3 is 2.38 bits per heavy atom. The maximum Gasteiger partial charge on any atom is 0.0484 e. The summed E-state index contributed by atoms with van der Waals surface area (Å²) in [4.78, 5) is 5.47. The van der Waals surface area contributed by atoms with E-state index in [0.29, 0.717) is 0 Å². The lowest BCUT2D eigenvalue weighted by Gasteiger charge is -2.48. The van der Waals surface area contributed by atoms with Gasteiger partial charge >= 0.3 is 0 Å². The molecule has 0 bridgehead atoms. The van der Waals surface area contributed by atoms with E-state index < -0.39 is 0 Å².